The minimum absolute atomic E-state index is 0.00111. The average molecular weight is 287 g/mol. The zero-order valence-corrected chi connectivity index (χ0v) is 13.3. The van der Waals surface area contributed by atoms with Gasteiger partial charge < -0.3 is 20.7 Å². The standard InChI is InChI=1S/C14H29N3O3/c1-11(2)9-17-12(18)10-15-7-6-8-16-13(19)20-14(3,4)5/h11,15H,6-10H2,1-5H3,(H,16,19)(H,17,18). The van der Waals surface area contributed by atoms with E-state index in [4.69, 9.17) is 4.74 Å². The predicted molar refractivity (Wildman–Crippen MR) is 79.6 cm³/mol. The van der Waals surface area contributed by atoms with Gasteiger partial charge in [-0.15, -0.1) is 0 Å². The highest BCUT2D eigenvalue weighted by molar-refractivity contribution is 5.77. The molecule has 0 aromatic carbocycles. The van der Waals surface area contributed by atoms with Crippen LogP contribution in [0.2, 0.25) is 0 Å². The van der Waals surface area contributed by atoms with E-state index >= 15 is 0 Å². The zero-order valence-electron chi connectivity index (χ0n) is 13.3. The molecule has 2 amide bonds. The fraction of sp³-hybridized carbons (Fsp3) is 0.857. The summed E-state index contributed by atoms with van der Waals surface area (Å²) in [4.78, 5) is 22.7. The third-order valence-electron chi connectivity index (χ3n) is 2.19. The van der Waals surface area contributed by atoms with Gasteiger partial charge in [0, 0.05) is 13.1 Å². The molecule has 20 heavy (non-hydrogen) atoms. The molecule has 0 aliphatic carbocycles. The number of rotatable bonds is 8. The number of carbonyl (C=O) groups is 2. The summed E-state index contributed by atoms with van der Waals surface area (Å²) < 4.78 is 5.10. The molecule has 0 bridgehead atoms. The van der Waals surface area contributed by atoms with Crippen LogP contribution in [0.15, 0.2) is 0 Å². The first kappa shape index (κ1) is 18.7. The molecular weight excluding hydrogens is 258 g/mol. The van der Waals surface area contributed by atoms with Crippen LogP contribution in [-0.4, -0.2) is 43.8 Å². The van der Waals surface area contributed by atoms with Gasteiger partial charge in [-0.2, -0.15) is 0 Å². The van der Waals surface area contributed by atoms with Gasteiger partial charge in [0.15, 0.2) is 0 Å². The number of ether oxygens (including phenoxy) is 1. The molecule has 0 saturated carbocycles. The molecule has 6 heteroatoms. The molecule has 6 nitrogen and oxygen atoms in total. The lowest BCUT2D eigenvalue weighted by Crippen LogP contribution is -2.37. The Morgan fingerprint density at radius 2 is 1.75 bits per heavy atom. The highest BCUT2D eigenvalue weighted by Crippen LogP contribution is 2.06. The van der Waals surface area contributed by atoms with Gasteiger partial charge in [0.2, 0.25) is 5.91 Å². The Bertz CT molecular complexity index is 299. The number of carbonyl (C=O) groups excluding carboxylic acids is 2. The SMILES string of the molecule is CC(C)CNC(=O)CNCCCNC(=O)OC(C)(C)C. The molecule has 0 fully saturated rings. The van der Waals surface area contributed by atoms with Crippen molar-refractivity contribution >= 4 is 12.0 Å². The van der Waals surface area contributed by atoms with Crippen LogP contribution >= 0.6 is 0 Å². The van der Waals surface area contributed by atoms with E-state index in [1.807, 2.05) is 20.8 Å². The lowest BCUT2D eigenvalue weighted by atomic mass is 10.2. The average Bonchev–Trinajstić information content (AvgIpc) is 2.28. The zero-order chi connectivity index (χ0) is 15.6. The Morgan fingerprint density at radius 3 is 2.30 bits per heavy atom. The van der Waals surface area contributed by atoms with Crippen molar-refractivity contribution in [3.8, 4) is 0 Å². The highest BCUT2D eigenvalue weighted by atomic mass is 16.6. The van der Waals surface area contributed by atoms with Crippen LogP contribution in [0.5, 0.6) is 0 Å². The van der Waals surface area contributed by atoms with Gasteiger partial charge in [-0.3, -0.25) is 4.79 Å². The second-order valence-electron chi connectivity index (χ2n) is 6.16. The summed E-state index contributed by atoms with van der Waals surface area (Å²) in [5.74, 6) is 0.454. The van der Waals surface area contributed by atoms with E-state index in [2.05, 4.69) is 29.8 Å². The van der Waals surface area contributed by atoms with E-state index in [-0.39, 0.29) is 5.91 Å². The van der Waals surface area contributed by atoms with Crippen LogP contribution in [0.4, 0.5) is 4.79 Å². The molecular formula is C14H29N3O3. The quantitative estimate of drug-likeness (QED) is 0.587. The van der Waals surface area contributed by atoms with Crippen molar-refractivity contribution in [1.29, 1.82) is 0 Å². The van der Waals surface area contributed by atoms with Crippen molar-refractivity contribution in [2.24, 2.45) is 5.92 Å². The third-order valence-corrected chi connectivity index (χ3v) is 2.19. The molecule has 0 heterocycles. The summed E-state index contributed by atoms with van der Waals surface area (Å²) in [5, 5.41) is 8.52. The van der Waals surface area contributed by atoms with Gasteiger partial charge in [0.25, 0.3) is 0 Å². The Kier molecular flexibility index (Phi) is 8.96. The van der Waals surface area contributed by atoms with Crippen LogP contribution < -0.4 is 16.0 Å². The molecule has 118 valence electrons. The summed E-state index contributed by atoms with van der Waals surface area (Å²) in [6, 6.07) is 0. The van der Waals surface area contributed by atoms with Crippen molar-refractivity contribution < 1.29 is 14.3 Å². The number of hydrogen-bond donors (Lipinski definition) is 3. The lowest BCUT2D eigenvalue weighted by Gasteiger charge is -2.19. The maximum absolute atomic E-state index is 11.4. The Labute approximate surface area is 122 Å². The summed E-state index contributed by atoms with van der Waals surface area (Å²) in [6.07, 6.45) is 0.337. The van der Waals surface area contributed by atoms with Crippen LogP contribution in [0.3, 0.4) is 0 Å². The maximum atomic E-state index is 11.4. The van der Waals surface area contributed by atoms with Crippen molar-refractivity contribution in [3.63, 3.8) is 0 Å². The molecule has 0 spiro atoms. The summed E-state index contributed by atoms with van der Waals surface area (Å²) in [5.41, 5.74) is -0.475. The van der Waals surface area contributed by atoms with Crippen LogP contribution in [0.1, 0.15) is 41.0 Å². The number of alkyl carbamates (subject to hydrolysis) is 1. The second-order valence-corrected chi connectivity index (χ2v) is 6.16. The summed E-state index contributed by atoms with van der Waals surface area (Å²) in [7, 11) is 0. The maximum Gasteiger partial charge on any atom is 0.407 e. The van der Waals surface area contributed by atoms with Gasteiger partial charge in [0.05, 0.1) is 6.54 Å². The molecule has 0 aromatic rings. The minimum atomic E-state index is -0.475. The highest BCUT2D eigenvalue weighted by Gasteiger charge is 2.15. The van der Waals surface area contributed by atoms with E-state index in [9.17, 15) is 9.59 Å². The minimum Gasteiger partial charge on any atom is -0.444 e. The van der Waals surface area contributed by atoms with Crippen LogP contribution in [-0.2, 0) is 9.53 Å². The molecule has 0 radical (unpaired) electrons. The van der Waals surface area contributed by atoms with E-state index in [0.29, 0.717) is 32.1 Å². The van der Waals surface area contributed by atoms with Gasteiger partial charge in [0.1, 0.15) is 5.60 Å². The van der Waals surface area contributed by atoms with Crippen molar-refractivity contribution in [1.82, 2.24) is 16.0 Å². The monoisotopic (exact) mass is 287 g/mol. The first-order valence-electron chi connectivity index (χ1n) is 7.15. The Balaban J connectivity index is 3.45. The van der Waals surface area contributed by atoms with Crippen molar-refractivity contribution in [3.05, 3.63) is 0 Å². The van der Waals surface area contributed by atoms with E-state index in [1.165, 1.54) is 0 Å². The molecule has 0 atom stereocenters. The van der Waals surface area contributed by atoms with Gasteiger partial charge >= 0.3 is 6.09 Å². The molecule has 0 unspecified atom stereocenters. The van der Waals surface area contributed by atoms with Gasteiger partial charge in [-0.25, -0.2) is 4.79 Å². The normalized spacial score (nSPS) is 11.3. The number of amides is 2. The fourth-order valence-corrected chi connectivity index (χ4v) is 1.30. The van der Waals surface area contributed by atoms with Gasteiger partial charge in [-0.05, 0) is 39.7 Å². The Hall–Kier alpha value is -1.30. The van der Waals surface area contributed by atoms with Gasteiger partial charge in [-0.1, -0.05) is 13.8 Å². The fourth-order valence-electron chi connectivity index (χ4n) is 1.30. The topological polar surface area (TPSA) is 79.5 Å². The second kappa shape index (κ2) is 9.58. The first-order chi connectivity index (χ1) is 9.20. The van der Waals surface area contributed by atoms with Crippen molar-refractivity contribution in [2.45, 2.75) is 46.6 Å². The molecule has 0 aromatic heterocycles. The molecule has 0 rings (SSSR count). The van der Waals surface area contributed by atoms with Crippen molar-refractivity contribution in [2.75, 3.05) is 26.2 Å². The summed E-state index contributed by atoms with van der Waals surface area (Å²) in [6.45, 7) is 11.8. The lowest BCUT2D eigenvalue weighted by molar-refractivity contribution is -0.120. The smallest absolute Gasteiger partial charge is 0.407 e. The molecule has 0 saturated heterocycles. The van der Waals surface area contributed by atoms with Crippen LogP contribution in [0, 0.1) is 5.92 Å². The first-order valence-corrected chi connectivity index (χ1v) is 7.15. The summed E-state index contributed by atoms with van der Waals surface area (Å²) >= 11 is 0. The largest absolute Gasteiger partial charge is 0.444 e. The number of hydrogen-bond acceptors (Lipinski definition) is 4. The molecule has 0 aliphatic rings. The predicted octanol–water partition coefficient (Wildman–Crippen LogP) is 1.26. The van der Waals surface area contributed by atoms with E-state index in [1.54, 1.807) is 0 Å². The van der Waals surface area contributed by atoms with E-state index in [0.717, 1.165) is 6.42 Å². The van der Waals surface area contributed by atoms with E-state index < -0.39 is 11.7 Å². The molecule has 0 aliphatic heterocycles. The third kappa shape index (κ3) is 13.1. The number of nitrogens with one attached hydrogen (secondary N) is 3. The molecule has 3 N–H and O–H groups in total. The Morgan fingerprint density at radius 1 is 1.10 bits per heavy atom. The van der Waals surface area contributed by atoms with Crippen LogP contribution in [0.25, 0.3) is 0 Å².